The SMILES string of the molecule is C[C@@H]1CCCN1C(=O)N(Cc1cc(Cl)ccc1CNC(=O)OC(C)(C)C)C(=O)[C@@H]1C(c2ccccc2)CCN1C(=O)OC(C)(C)C. The van der Waals surface area contributed by atoms with E-state index in [1.54, 1.807) is 64.6 Å². The summed E-state index contributed by atoms with van der Waals surface area (Å²) in [6.07, 6.45) is 1.00. The van der Waals surface area contributed by atoms with Crippen molar-refractivity contribution in [1.82, 2.24) is 20.0 Å². The number of benzene rings is 2. The zero-order valence-electron chi connectivity index (χ0n) is 28.0. The van der Waals surface area contributed by atoms with Gasteiger partial charge in [-0.25, -0.2) is 14.4 Å². The van der Waals surface area contributed by atoms with Gasteiger partial charge in [-0.1, -0.05) is 48.0 Å². The van der Waals surface area contributed by atoms with E-state index in [1.807, 2.05) is 37.3 Å². The maximum atomic E-state index is 14.8. The van der Waals surface area contributed by atoms with E-state index in [4.69, 9.17) is 21.1 Å². The lowest BCUT2D eigenvalue weighted by molar-refractivity contribution is -0.134. The number of nitrogens with one attached hydrogen (secondary N) is 1. The minimum absolute atomic E-state index is 0.0501. The first-order valence-electron chi connectivity index (χ1n) is 15.9. The molecule has 4 rings (SSSR count). The number of carbonyl (C=O) groups excluding carboxylic acids is 4. The second-order valence-corrected chi connectivity index (χ2v) is 14.5. The minimum Gasteiger partial charge on any atom is -0.444 e. The van der Waals surface area contributed by atoms with Crippen LogP contribution in [-0.4, -0.2) is 75.2 Å². The summed E-state index contributed by atoms with van der Waals surface area (Å²) in [5.74, 6) is -0.840. The molecule has 2 aliphatic heterocycles. The normalized spacial score (nSPS) is 20.0. The van der Waals surface area contributed by atoms with Crippen molar-refractivity contribution in [2.75, 3.05) is 13.1 Å². The van der Waals surface area contributed by atoms with Crippen LogP contribution < -0.4 is 5.32 Å². The van der Waals surface area contributed by atoms with Gasteiger partial charge in [0.25, 0.3) is 5.91 Å². The first-order chi connectivity index (χ1) is 21.5. The van der Waals surface area contributed by atoms with Crippen molar-refractivity contribution in [3.8, 4) is 0 Å². The van der Waals surface area contributed by atoms with Crippen molar-refractivity contribution in [2.45, 2.75) is 110 Å². The molecule has 0 bridgehead atoms. The summed E-state index contributed by atoms with van der Waals surface area (Å²) in [5.41, 5.74) is 0.720. The van der Waals surface area contributed by atoms with Crippen LogP contribution in [0.5, 0.6) is 0 Å². The summed E-state index contributed by atoms with van der Waals surface area (Å²) in [6.45, 7) is 13.5. The van der Waals surface area contributed by atoms with Crippen LogP contribution in [0.1, 0.15) is 90.3 Å². The predicted molar refractivity (Wildman–Crippen MR) is 176 cm³/mol. The topological polar surface area (TPSA) is 108 Å². The standard InChI is InChI=1S/C35H47ClN4O6/c1-23-12-11-18-38(23)32(43)40(22-26-20-27(36)16-15-25(26)21-37-31(42)45-34(2,3)4)30(41)29-28(24-13-9-8-10-14-24)17-19-39(29)33(44)46-35(5,6)7/h8-10,13-16,20,23,28-29H,11-12,17-19,21-22H2,1-7H3,(H,37,42)/t23-,28?,29+/m1/s1. The molecule has 2 saturated heterocycles. The number of rotatable bonds is 6. The first-order valence-corrected chi connectivity index (χ1v) is 16.3. The number of nitrogens with zero attached hydrogens (tertiary/aromatic N) is 3. The molecule has 2 heterocycles. The number of halogens is 1. The first kappa shape index (κ1) is 35.1. The Morgan fingerprint density at radius 1 is 0.891 bits per heavy atom. The summed E-state index contributed by atoms with van der Waals surface area (Å²) in [4.78, 5) is 59.6. The quantitative estimate of drug-likeness (QED) is 0.356. The molecular formula is C35H47ClN4O6. The minimum atomic E-state index is -0.971. The number of hydrogen-bond donors (Lipinski definition) is 1. The Hall–Kier alpha value is -3.79. The van der Waals surface area contributed by atoms with E-state index < -0.39 is 41.4 Å². The Balaban J connectivity index is 1.73. The molecule has 11 heteroatoms. The fourth-order valence-corrected chi connectivity index (χ4v) is 6.21. The lowest BCUT2D eigenvalue weighted by atomic mass is 9.90. The maximum absolute atomic E-state index is 14.8. The number of hydrogen-bond acceptors (Lipinski definition) is 6. The van der Waals surface area contributed by atoms with Gasteiger partial charge < -0.3 is 19.7 Å². The lowest BCUT2D eigenvalue weighted by Gasteiger charge is -2.35. The van der Waals surface area contributed by atoms with Crippen LogP contribution in [-0.2, 0) is 27.4 Å². The Bertz CT molecular complexity index is 1420. The highest BCUT2D eigenvalue weighted by Gasteiger charge is 2.47. The van der Waals surface area contributed by atoms with Crippen molar-refractivity contribution in [3.63, 3.8) is 0 Å². The van der Waals surface area contributed by atoms with E-state index >= 15 is 0 Å². The van der Waals surface area contributed by atoms with Crippen LogP contribution in [0, 0.1) is 0 Å². The van der Waals surface area contributed by atoms with E-state index in [2.05, 4.69) is 5.32 Å². The summed E-state index contributed by atoms with van der Waals surface area (Å²) in [6, 6.07) is 13.3. The van der Waals surface area contributed by atoms with Gasteiger partial charge in [0.05, 0.1) is 6.54 Å². The van der Waals surface area contributed by atoms with Gasteiger partial charge in [0.1, 0.15) is 17.2 Å². The van der Waals surface area contributed by atoms with Crippen LogP contribution in [0.4, 0.5) is 14.4 Å². The van der Waals surface area contributed by atoms with Crippen LogP contribution in [0.2, 0.25) is 5.02 Å². The molecule has 0 aromatic heterocycles. The second-order valence-electron chi connectivity index (χ2n) is 14.1. The molecule has 2 fully saturated rings. The highest BCUT2D eigenvalue weighted by Crippen LogP contribution is 2.37. The third-order valence-corrected chi connectivity index (χ3v) is 8.36. The molecule has 5 amide bonds. The van der Waals surface area contributed by atoms with Crippen molar-refractivity contribution in [1.29, 1.82) is 0 Å². The number of likely N-dealkylation sites (tertiary alicyclic amines) is 2. The Morgan fingerprint density at radius 2 is 1.57 bits per heavy atom. The van der Waals surface area contributed by atoms with Gasteiger partial charge in [0, 0.05) is 36.6 Å². The van der Waals surface area contributed by atoms with E-state index in [0.717, 1.165) is 18.4 Å². The van der Waals surface area contributed by atoms with E-state index in [0.29, 0.717) is 35.7 Å². The van der Waals surface area contributed by atoms with Crippen molar-refractivity contribution >= 4 is 35.7 Å². The van der Waals surface area contributed by atoms with E-state index in [9.17, 15) is 19.2 Å². The smallest absolute Gasteiger partial charge is 0.410 e. The van der Waals surface area contributed by atoms with Crippen molar-refractivity contribution < 1.29 is 28.7 Å². The summed E-state index contributed by atoms with van der Waals surface area (Å²) >= 11 is 6.44. The average molecular weight is 655 g/mol. The summed E-state index contributed by atoms with van der Waals surface area (Å²) in [7, 11) is 0. The zero-order valence-corrected chi connectivity index (χ0v) is 28.7. The van der Waals surface area contributed by atoms with Crippen LogP contribution >= 0.6 is 11.6 Å². The average Bonchev–Trinajstić information content (AvgIpc) is 3.60. The molecule has 0 radical (unpaired) electrons. The summed E-state index contributed by atoms with van der Waals surface area (Å²) < 4.78 is 11.1. The molecule has 0 saturated carbocycles. The third-order valence-electron chi connectivity index (χ3n) is 8.12. The highest BCUT2D eigenvalue weighted by atomic mass is 35.5. The molecule has 10 nitrogen and oxygen atoms in total. The number of alkyl carbamates (subject to hydrolysis) is 1. The molecule has 46 heavy (non-hydrogen) atoms. The van der Waals surface area contributed by atoms with Gasteiger partial charge in [-0.05, 0) is 96.6 Å². The Labute approximate surface area is 277 Å². The van der Waals surface area contributed by atoms with Crippen LogP contribution in [0.15, 0.2) is 48.5 Å². The Morgan fingerprint density at radius 3 is 2.17 bits per heavy atom. The monoisotopic (exact) mass is 654 g/mol. The van der Waals surface area contributed by atoms with Gasteiger partial charge in [-0.2, -0.15) is 0 Å². The molecule has 2 aromatic rings. The molecule has 0 aliphatic carbocycles. The molecular weight excluding hydrogens is 608 g/mol. The zero-order chi connectivity index (χ0) is 33.8. The summed E-state index contributed by atoms with van der Waals surface area (Å²) in [5, 5.41) is 3.18. The number of amides is 5. The number of ether oxygens (including phenoxy) is 2. The van der Waals surface area contributed by atoms with Gasteiger partial charge in [0.15, 0.2) is 0 Å². The molecule has 2 aromatic carbocycles. The second kappa shape index (κ2) is 14.3. The van der Waals surface area contributed by atoms with E-state index in [1.165, 1.54) is 9.80 Å². The van der Waals surface area contributed by atoms with Crippen LogP contribution in [0.25, 0.3) is 0 Å². The lowest BCUT2D eigenvalue weighted by Crippen LogP contribution is -2.55. The van der Waals surface area contributed by atoms with Gasteiger partial charge in [0.2, 0.25) is 0 Å². The van der Waals surface area contributed by atoms with Gasteiger partial charge in [-0.15, -0.1) is 0 Å². The van der Waals surface area contributed by atoms with Gasteiger partial charge in [-0.3, -0.25) is 14.6 Å². The molecule has 3 atom stereocenters. The number of imide groups is 1. The predicted octanol–water partition coefficient (Wildman–Crippen LogP) is 7.09. The largest absolute Gasteiger partial charge is 0.444 e. The van der Waals surface area contributed by atoms with E-state index in [-0.39, 0.29) is 25.0 Å². The van der Waals surface area contributed by atoms with Gasteiger partial charge >= 0.3 is 18.2 Å². The molecule has 1 unspecified atom stereocenters. The maximum Gasteiger partial charge on any atom is 0.410 e. The number of carbonyl (C=O) groups is 4. The number of urea groups is 1. The highest BCUT2D eigenvalue weighted by molar-refractivity contribution is 6.30. The molecule has 0 spiro atoms. The van der Waals surface area contributed by atoms with Crippen molar-refractivity contribution in [2.24, 2.45) is 0 Å². The van der Waals surface area contributed by atoms with Crippen LogP contribution in [0.3, 0.4) is 0 Å². The fraction of sp³-hybridized carbons (Fsp3) is 0.543. The Kier molecular flexibility index (Phi) is 10.9. The molecule has 1 N–H and O–H groups in total. The third kappa shape index (κ3) is 8.93. The van der Waals surface area contributed by atoms with Crippen molar-refractivity contribution in [3.05, 3.63) is 70.2 Å². The molecule has 250 valence electrons. The fourth-order valence-electron chi connectivity index (χ4n) is 6.01. The molecule has 2 aliphatic rings.